The topological polar surface area (TPSA) is 57.6 Å². The molecule has 0 unspecified atom stereocenters. The first-order valence-electron chi connectivity index (χ1n) is 6.63. The molecule has 21 heavy (non-hydrogen) atoms. The molecule has 0 atom stereocenters. The molecule has 4 nitrogen and oxygen atoms in total. The average molecular weight is 283 g/mol. The van der Waals surface area contributed by atoms with Crippen molar-refractivity contribution in [3.05, 3.63) is 59.7 Å². The fraction of sp³-hybridized carbons (Fsp3) is 0.176. The number of amides is 1. The van der Waals surface area contributed by atoms with E-state index in [-0.39, 0.29) is 12.5 Å². The zero-order chi connectivity index (χ0) is 15.4. The van der Waals surface area contributed by atoms with Gasteiger partial charge in [0, 0.05) is 12.6 Å². The summed E-state index contributed by atoms with van der Waals surface area (Å²) >= 11 is 0. The van der Waals surface area contributed by atoms with Crippen LogP contribution in [0.5, 0.6) is 0 Å². The van der Waals surface area contributed by atoms with E-state index >= 15 is 0 Å². The number of carbonyl (C=O) groups is 2. The summed E-state index contributed by atoms with van der Waals surface area (Å²) in [7, 11) is 1.49. The second-order valence-electron chi connectivity index (χ2n) is 4.92. The predicted octanol–water partition coefficient (Wildman–Crippen LogP) is 2.82. The van der Waals surface area contributed by atoms with Crippen molar-refractivity contribution in [2.75, 3.05) is 13.6 Å². The minimum Gasteiger partial charge on any atom is -0.480 e. The van der Waals surface area contributed by atoms with Crippen LogP contribution in [0.1, 0.15) is 15.9 Å². The van der Waals surface area contributed by atoms with E-state index in [2.05, 4.69) is 0 Å². The van der Waals surface area contributed by atoms with E-state index < -0.39 is 5.97 Å². The first-order valence-corrected chi connectivity index (χ1v) is 6.63. The third-order valence-corrected chi connectivity index (χ3v) is 3.31. The van der Waals surface area contributed by atoms with Crippen LogP contribution < -0.4 is 0 Å². The van der Waals surface area contributed by atoms with Crippen LogP contribution in [0.2, 0.25) is 0 Å². The molecule has 0 bridgehead atoms. The van der Waals surface area contributed by atoms with Gasteiger partial charge in [-0.05, 0) is 29.7 Å². The molecule has 2 aromatic carbocycles. The first-order chi connectivity index (χ1) is 10.0. The third kappa shape index (κ3) is 3.28. The first kappa shape index (κ1) is 14.8. The van der Waals surface area contributed by atoms with Gasteiger partial charge < -0.3 is 10.0 Å². The molecule has 2 aromatic rings. The number of carbonyl (C=O) groups excluding carboxylic acids is 1. The van der Waals surface area contributed by atoms with E-state index in [4.69, 9.17) is 5.11 Å². The number of likely N-dealkylation sites (N-methyl/N-ethyl adjacent to an activating group) is 1. The van der Waals surface area contributed by atoms with Gasteiger partial charge in [0.25, 0.3) is 5.91 Å². The van der Waals surface area contributed by atoms with Crippen molar-refractivity contribution in [3.63, 3.8) is 0 Å². The van der Waals surface area contributed by atoms with Crippen molar-refractivity contribution in [3.8, 4) is 11.1 Å². The quantitative estimate of drug-likeness (QED) is 0.938. The normalized spacial score (nSPS) is 10.2. The maximum Gasteiger partial charge on any atom is 0.323 e. The second kappa shape index (κ2) is 6.22. The molecule has 0 aliphatic carbocycles. The SMILES string of the molecule is Cc1ccccc1-c1ccccc1C(=O)N(C)CC(=O)O. The number of hydrogen-bond acceptors (Lipinski definition) is 2. The molecular weight excluding hydrogens is 266 g/mol. The monoisotopic (exact) mass is 283 g/mol. The van der Waals surface area contributed by atoms with Gasteiger partial charge >= 0.3 is 5.97 Å². The molecule has 0 fully saturated rings. The van der Waals surface area contributed by atoms with Gasteiger partial charge in [0.05, 0.1) is 0 Å². The fourth-order valence-corrected chi connectivity index (χ4v) is 2.26. The summed E-state index contributed by atoms with van der Waals surface area (Å²) in [6.07, 6.45) is 0. The Bertz CT molecular complexity index is 679. The molecule has 0 heterocycles. The third-order valence-electron chi connectivity index (χ3n) is 3.31. The lowest BCUT2D eigenvalue weighted by molar-refractivity contribution is -0.137. The van der Waals surface area contributed by atoms with Crippen LogP contribution in [0.25, 0.3) is 11.1 Å². The molecule has 0 aliphatic heterocycles. The van der Waals surface area contributed by atoms with Crippen LogP contribution in [0.15, 0.2) is 48.5 Å². The summed E-state index contributed by atoms with van der Waals surface area (Å²) in [5.41, 5.74) is 3.37. The van der Waals surface area contributed by atoms with Crippen LogP contribution in [0.4, 0.5) is 0 Å². The Morgan fingerprint density at radius 3 is 2.19 bits per heavy atom. The van der Waals surface area contributed by atoms with Crippen LogP contribution in [-0.4, -0.2) is 35.5 Å². The Balaban J connectivity index is 2.45. The minimum atomic E-state index is -1.03. The number of benzene rings is 2. The van der Waals surface area contributed by atoms with Gasteiger partial charge in [-0.2, -0.15) is 0 Å². The zero-order valence-corrected chi connectivity index (χ0v) is 12.0. The number of hydrogen-bond donors (Lipinski definition) is 1. The van der Waals surface area contributed by atoms with Crippen LogP contribution >= 0.6 is 0 Å². The van der Waals surface area contributed by atoms with Crippen molar-refractivity contribution < 1.29 is 14.7 Å². The van der Waals surface area contributed by atoms with Gasteiger partial charge in [-0.1, -0.05) is 42.5 Å². The number of carboxylic acid groups (broad SMARTS) is 1. The van der Waals surface area contributed by atoms with Crippen LogP contribution in [0, 0.1) is 6.92 Å². The van der Waals surface area contributed by atoms with Gasteiger partial charge in [0.15, 0.2) is 0 Å². The molecule has 1 amide bonds. The predicted molar refractivity (Wildman–Crippen MR) is 81.2 cm³/mol. The van der Waals surface area contributed by atoms with E-state index in [9.17, 15) is 9.59 Å². The van der Waals surface area contributed by atoms with E-state index in [0.29, 0.717) is 5.56 Å². The Morgan fingerprint density at radius 1 is 1.00 bits per heavy atom. The highest BCUT2D eigenvalue weighted by molar-refractivity contribution is 6.02. The smallest absolute Gasteiger partial charge is 0.323 e. The van der Waals surface area contributed by atoms with Crippen LogP contribution in [-0.2, 0) is 4.79 Å². The van der Waals surface area contributed by atoms with Gasteiger partial charge in [0.1, 0.15) is 6.54 Å². The Kier molecular flexibility index (Phi) is 4.38. The van der Waals surface area contributed by atoms with E-state index in [1.54, 1.807) is 12.1 Å². The maximum absolute atomic E-state index is 12.4. The summed E-state index contributed by atoms with van der Waals surface area (Å²) in [6, 6.07) is 15.1. The van der Waals surface area contributed by atoms with Crippen molar-refractivity contribution >= 4 is 11.9 Å². The molecule has 1 N–H and O–H groups in total. The second-order valence-corrected chi connectivity index (χ2v) is 4.92. The lowest BCUT2D eigenvalue weighted by Crippen LogP contribution is -2.32. The molecule has 0 saturated heterocycles. The summed E-state index contributed by atoms with van der Waals surface area (Å²) in [6.45, 7) is 1.67. The van der Waals surface area contributed by atoms with Crippen molar-refractivity contribution in [2.24, 2.45) is 0 Å². The molecule has 4 heteroatoms. The number of nitrogens with zero attached hydrogens (tertiary/aromatic N) is 1. The fourth-order valence-electron chi connectivity index (χ4n) is 2.26. The van der Waals surface area contributed by atoms with E-state index in [1.807, 2.05) is 43.3 Å². The molecule has 0 saturated carbocycles. The maximum atomic E-state index is 12.4. The molecule has 0 aromatic heterocycles. The Morgan fingerprint density at radius 2 is 1.57 bits per heavy atom. The van der Waals surface area contributed by atoms with Crippen molar-refractivity contribution in [2.45, 2.75) is 6.92 Å². The standard InChI is InChI=1S/C17H17NO3/c1-12-7-3-4-8-13(12)14-9-5-6-10-15(14)17(21)18(2)11-16(19)20/h3-10H,11H2,1-2H3,(H,19,20). The van der Waals surface area contributed by atoms with Crippen molar-refractivity contribution in [1.29, 1.82) is 0 Å². The Labute approximate surface area is 123 Å². The molecular formula is C17H17NO3. The average Bonchev–Trinajstić information content (AvgIpc) is 2.46. The number of aliphatic carboxylic acids is 1. The molecule has 0 radical (unpaired) electrons. The zero-order valence-electron chi connectivity index (χ0n) is 12.0. The molecule has 0 aliphatic rings. The highest BCUT2D eigenvalue weighted by Gasteiger charge is 2.18. The van der Waals surface area contributed by atoms with Gasteiger partial charge in [-0.3, -0.25) is 9.59 Å². The number of aryl methyl sites for hydroxylation is 1. The Hall–Kier alpha value is -2.62. The van der Waals surface area contributed by atoms with Gasteiger partial charge in [0.2, 0.25) is 0 Å². The van der Waals surface area contributed by atoms with E-state index in [1.165, 1.54) is 11.9 Å². The minimum absolute atomic E-state index is 0.295. The summed E-state index contributed by atoms with van der Waals surface area (Å²) in [5.74, 6) is -1.32. The lowest BCUT2D eigenvalue weighted by Gasteiger charge is -2.17. The molecule has 2 rings (SSSR count). The number of carboxylic acids is 1. The summed E-state index contributed by atoms with van der Waals surface area (Å²) < 4.78 is 0. The van der Waals surface area contributed by atoms with E-state index in [0.717, 1.165) is 16.7 Å². The summed E-state index contributed by atoms with van der Waals surface area (Å²) in [4.78, 5) is 24.4. The lowest BCUT2D eigenvalue weighted by atomic mass is 9.95. The van der Waals surface area contributed by atoms with Crippen molar-refractivity contribution in [1.82, 2.24) is 4.90 Å². The number of rotatable bonds is 4. The molecule has 108 valence electrons. The van der Waals surface area contributed by atoms with Gasteiger partial charge in [-0.25, -0.2) is 0 Å². The highest BCUT2D eigenvalue weighted by Crippen LogP contribution is 2.27. The molecule has 0 spiro atoms. The highest BCUT2D eigenvalue weighted by atomic mass is 16.4. The van der Waals surface area contributed by atoms with Gasteiger partial charge in [-0.15, -0.1) is 0 Å². The van der Waals surface area contributed by atoms with Crippen LogP contribution in [0.3, 0.4) is 0 Å². The summed E-state index contributed by atoms with van der Waals surface area (Å²) in [5, 5.41) is 8.82. The largest absolute Gasteiger partial charge is 0.480 e.